The van der Waals surface area contributed by atoms with E-state index in [-0.39, 0.29) is 5.82 Å². The Bertz CT molecular complexity index is 595. The summed E-state index contributed by atoms with van der Waals surface area (Å²) in [4.78, 5) is 0. The molecule has 0 radical (unpaired) electrons. The third kappa shape index (κ3) is 5.98. The second kappa shape index (κ2) is 9.71. The van der Waals surface area contributed by atoms with Gasteiger partial charge in [0.15, 0.2) is 11.6 Å². The molecule has 0 aliphatic heterocycles. The van der Waals surface area contributed by atoms with Crippen molar-refractivity contribution in [1.82, 2.24) is 0 Å². The number of unbranched alkanes of at least 4 members (excludes halogenated alkanes) is 5. The molecule has 0 aliphatic rings. The van der Waals surface area contributed by atoms with Gasteiger partial charge in [-0.1, -0.05) is 73.2 Å². The van der Waals surface area contributed by atoms with Crippen LogP contribution in [0.4, 0.5) is 4.39 Å². The third-order valence-electron chi connectivity index (χ3n) is 3.86. The van der Waals surface area contributed by atoms with E-state index in [1.807, 2.05) is 30.3 Å². The zero-order chi connectivity index (χ0) is 16.5. The van der Waals surface area contributed by atoms with Gasteiger partial charge in [0, 0.05) is 4.47 Å². The molecule has 3 heteroatoms. The molecular formula is C20H24BrFO. The highest BCUT2D eigenvalue weighted by atomic mass is 79.9. The van der Waals surface area contributed by atoms with E-state index in [0.717, 1.165) is 28.4 Å². The molecule has 1 nitrogen and oxygen atoms in total. The van der Waals surface area contributed by atoms with Gasteiger partial charge in [0.2, 0.25) is 0 Å². The van der Waals surface area contributed by atoms with Gasteiger partial charge in [-0.25, -0.2) is 4.39 Å². The second-order valence-electron chi connectivity index (χ2n) is 5.77. The maximum atomic E-state index is 14.2. The Hall–Kier alpha value is -1.35. The topological polar surface area (TPSA) is 9.23 Å². The number of ether oxygens (including phenoxy) is 1. The number of benzene rings is 2. The van der Waals surface area contributed by atoms with Gasteiger partial charge in [0.05, 0.1) is 6.61 Å². The first-order valence-corrected chi connectivity index (χ1v) is 9.18. The predicted molar refractivity (Wildman–Crippen MR) is 98.4 cm³/mol. The van der Waals surface area contributed by atoms with E-state index < -0.39 is 0 Å². The summed E-state index contributed by atoms with van der Waals surface area (Å²) >= 11 is 3.40. The molecule has 0 heterocycles. The van der Waals surface area contributed by atoms with E-state index in [1.165, 1.54) is 25.7 Å². The zero-order valence-corrected chi connectivity index (χ0v) is 15.2. The lowest BCUT2D eigenvalue weighted by atomic mass is 10.1. The normalized spacial score (nSPS) is 10.7. The number of rotatable bonds is 9. The average Bonchev–Trinajstić information content (AvgIpc) is 2.56. The molecule has 0 saturated carbocycles. The molecule has 2 aromatic carbocycles. The van der Waals surface area contributed by atoms with Crippen LogP contribution in [0.1, 0.15) is 45.4 Å². The van der Waals surface area contributed by atoms with Crippen molar-refractivity contribution in [3.05, 3.63) is 52.8 Å². The molecule has 0 aliphatic carbocycles. The first-order valence-electron chi connectivity index (χ1n) is 8.39. The smallest absolute Gasteiger partial charge is 0.165 e. The first-order chi connectivity index (χ1) is 11.2. The Balaban J connectivity index is 1.83. The van der Waals surface area contributed by atoms with Gasteiger partial charge in [-0.2, -0.15) is 0 Å². The van der Waals surface area contributed by atoms with Crippen LogP contribution in [-0.2, 0) is 0 Å². The van der Waals surface area contributed by atoms with Crippen LogP contribution >= 0.6 is 15.9 Å². The molecule has 0 unspecified atom stereocenters. The fourth-order valence-corrected chi connectivity index (χ4v) is 2.77. The summed E-state index contributed by atoms with van der Waals surface area (Å²) in [7, 11) is 0. The summed E-state index contributed by atoms with van der Waals surface area (Å²) in [6, 6.07) is 13.0. The van der Waals surface area contributed by atoms with Crippen LogP contribution in [0.5, 0.6) is 5.75 Å². The van der Waals surface area contributed by atoms with Gasteiger partial charge in [-0.3, -0.25) is 0 Å². The van der Waals surface area contributed by atoms with Gasteiger partial charge in [0.1, 0.15) is 0 Å². The summed E-state index contributed by atoms with van der Waals surface area (Å²) in [5.74, 6) is 0.0517. The van der Waals surface area contributed by atoms with Crippen LogP contribution in [0.2, 0.25) is 0 Å². The van der Waals surface area contributed by atoms with Crippen LogP contribution in [-0.4, -0.2) is 6.61 Å². The molecular weight excluding hydrogens is 355 g/mol. The Labute approximate surface area is 147 Å². The van der Waals surface area contributed by atoms with E-state index in [9.17, 15) is 4.39 Å². The van der Waals surface area contributed by atoms with Gasteiger partial charge < -0.3 is 4.74 Å². The maximum absolute atomic E-state index is 14.2. The van der Waals surface area contributed by atoms with Crippen molar-refractivity contribution in [3.8, 4) is 16.9 Å². The minimum Gasteiger partial charge on any atom is -0.491 e. The highest BCUT2D eigenvalue weighted by molar-refractivity contribution is 9.10. The van der Waals surface area contributed by atoms with Crippen molar-refractivity contribution in [1.29, 1.82) is 0 Å². The molecule has 0 N–H and O–H groups in total. The van der Waals surface area contributed by atoms with Crippen LogP contribution in [0.3, 0.4) is 0 Å². The summed E-state index contributed by atoms with van der Waals surface area (Å²) < 4.78 is 20.7. The van der Waals surface area contributed by atoms with Crippen molar-refractivity contribution in [3.63, 3.8) is 0 Å². The molecule has 124 valence electrons. The van der Waals surface area contributed by atoms with E-state index in [0.29, 0.717) is 12.4 Å². The van der Waals surface area contributed by atoms with Crippen molar-refractivity contribution in [2.45, 2.75) is 45.4 Å². The molecule has 0 bridgehead atoms. The fourth-order valence-electron chi connectivity index (χ4n) is 2.50. The second-order valence-corrected chi connectivity index (χ2v) is 6.68. The van der Waals surface area contributed by atoms with Crippen LogP contribution in [0.15, 0.2) is 46.9 Å². The summed E-state index contributed by atoms with van der Waals surface area (Å²) in [5, 5.41) is 0. The molecule has 0 aromatic heterocycles. The van der Waals surface area contributed by atoms with Crippen molar-refractivity contribution < 1.29 is 9.13 Å². The van der Waals surface area contributed by atoms with E-state index in [2.05, 4.69) is 22.9 Å². The standard InChI is InChI=1S/C20H24BrFO/c1-2-3-4-5-6-7-14-23-20-13-10-17(15-19(20)22)16-8-11-18(21)12-9-16/h8-13,15H,2-7,14H2,1H3. The van der Waals surface area contributed by atoms with Crippen molar-refractivity contribution in [2.75, 3.05) is 6.61 Å². The molecule has 0 spiro atoms. The first kappa shape index (κ1) is 18.0. The minimum absolute atomic E-state index is 0.295. The lowest BCUT2D eigenvalue weighted by Crippen LogP contribution is -1.99. The van der Waals surface area contributed by atoms with Crippen LogP contribution in [0.25, 0.3) is 11.1 Å². The van der Waals surface area contributed by atoms with Crippen LogP contribution < -0.4 is 4.74 Å². The van der Waals surface area contributed by atoms with E-state index in [4.69, 9.17) is 4.74 Å². The Kier molecular flexibility index (Phi) is 7.60. The van der Waals surface area contributed by atoms with Crippen LogP contribution in [0, 0.1) is 5.82 Å². The largest absolute Gasteiger partial charge is 0.491 e. The SMILES string of the molecule is CCCCCCCCOc1ccc(-c2ccc(Br)cc2)cc1F. The Morgan fingerprint density at radius 1 is 0.870 bits per heavy atom. The Morgan fingerprint density at radius 2 is 1.52 bits per heavy atom. The highest BCUT2D eigenvalue weighted by Gasteiger charge is 2.06. The van der Waals surface area contributed by atoms with Gasteiger partial charge in [-0.15, -0.1) is 0 Å². The average molecular weight is 379 g/mol. The lowest BCUT2D eigenvalue weighted by Gasteiger charge is -2.09. The molecule has 23 heavy (non-hydrogen) atoms. The summed E-state index contributed by atoms with van der Waals surface area (Å²) in [6.45, 7) is 2.80. The van der Waals surface area contributed by atoms with E-state index in [1.54, 1.807) is 12.1 Å². The Morgan fingerprint density at radius 3 is 2.22 bits per heavy atom. The fraction of sp³-hybridized carbons (Fsp3) is 0.400. The van der Waals surface area contributed by atoms with Gasteiger partial charge in [0.25, 0.3) is 0 Å². The maximum Gasteiger partial charge on any atom is 0.165 e. The highest BCUT2D eigenvalue weighted by Crippen LogP contribution is 2.27. The quantitative estimate of drug-likeness (QED) is 0.427. The predicted octanol–water partition coefficient (Wildman–Crippen LogP) is 6.99. The van der Waals surface area contributed by atoms with Crippen molar-refractivity contribution in [2.24, 2.45) is 0 Å². The molecule has 0 amide bonds. The molecule has 2 aromatic rings. The zero-order valence-electron chi connectivity index (χ0n) is 13.7. The van der Waals surface area contributed by atoms with Gasteiger partial charge in [-0.05, 0) is 41.8 Å². The summed E-state index contributed by atoms with van der Waals surface area (Å²) in [5.41, 5.74) is 1.86. The third-order valence-corrected chi connectivity index (χ3v) is 4.39. The number of hydrogen-bond acceptors (Lipinski definition) is 1. The molecule has 0 atom stereocenters. The molecule has 0 saturated heterocycles. The summed E-state index contributed by atoms with van der Waals surface area (Å²) in [6.07, 6.45) is 7.21. The minimum atomic E-state index is -0.295. The monoisotopic (exact) mass is 378 g/mol. The molecule has 0 fully saturated rings. The van der Waals surface area contributed by atoms with Gasteiger partial charge >= 0.3 is 0 Å². The van der Waals surface area contributed by atoms with E-state index >= 15 is 0 Å². The number of halogens is 2. The van der Waals surface area contributed by atoms with Crippen molar-refractivity contribution >= 4 is 15.9 Å². The number of hydrogen-bond donors (Lipinski definition) is 0. The molecule has 2 rings (SSSR count). The lowest BCUT2D eigenvalue weighted by molar-refractivity contribution is 0.290.